The van der Waals surface area contributed by atoms with Gasteiger partial charge in [-0.15, -0.1) is 10.2 Å². The predicted octanol–water partition coefficient (Wildman–Crippen LogP) is 3.67. The number of hydrogen-bond acceptors (Lipinski definition) is 3. The first-order valence-corrected chi connectivity index (χ1v) is 5.87. The van der Waals surface area contributed by atoms with E-state index in [2.05, 4.69) is 37.4 Å². The first-order chi connectivity index (χ1) is 8.44. The van der Waals surface area contributed by atoms with E-state index in [1.807, 2.05) is 0 Å². The number of rotatable bonds is 3. The zero-order valence-electron chi connectivity index (χ0n) is 10.8. The van der Waals surface area contributed by atoms with Crippen LogP contribution in [0.5, 0.6) is 0 Å². The molecule has 1 radical (unpaired) electrons. The molecule has 1 heterocycles. The quantitative estimate of drug-likeness (QED) is 0.830. The fraction of sp³-hybridized carbons (Fsp3) is 0.357. The molecule has 18 heavy (non-hydrogen) atoms. The van der Waals surface area contributed by atoms with Gasteiger partial charge in [0.1, 0.15) is 5.82 Å². The summed E-state index contributed by atoms with van der Waals surface area (Å²) in [5.41, 5.74) is 0.843. The van der Waals surface area contributed by atoms with Crippen LogP contribution in [0.15, 0.2) is 28.7 Å². The number of aromatic nitrogens is 2. The molecular formula is C14H16FN2O. The van der Waals surface area contributed by atoms with Crippen LogP contribution in [0.1, 0.15) is 26.7 Å². The molecule has 2 rings (SSSR count). The van der Waals surface area contributed by atoms with E-state index >= 15 is 0 Å². The fourth-order valence-corrected chi connectivity index (χ4v) is 1.44. The van der Waals surface area contributed by atoms with Crippen LogP contribution in [0.25, 0.3) is 11.5 Å². The van der Waals surface area contributed by atoms with E-state index in [9.17, 15) is 4.39 Å². The van der Waals surface area contributed by atoms with Crippen molar-refractivity contribution in [2.45, 2.75) is 27.2 Å². The molecule has 0 saturated carbocycles. The highest BCUT2D eigenvalue weighted by molar-refractivity contribution is 5.51. The van der Waals surface area contributed by atoms with Gasteiger partial charge in [0.05, 0.1) is 0 Å². The van der Waals surface area contributed by atoms with Crippen molar-refractivity contribution in [3.05, 3.63) is 42.4 Å². The van der Waals surface area contributed by atoms with Crippen LogP contribution >= 0.6 is 0 Å². The molecule has 0 aliphatic carbocycles. The van der Waals surface area contributed by atoms with Gasteiger partial charge in [-0.1, -0.05) is 20.8 Å². The Labute approximate surface area is 106 Å². The number of nitrogens with zero attached hydrogens (tertiary/aromatic N) is 2. The summed E-state index contributed by atoms with van der Waals surface area (Å²) in [4.78, 5) is 0. The van der Waals surface area contributed by atoms with E-state index in [1.54, 1.807) is 12.1 Å². The van der Waals surface area contributed by atoms with Crippen molar-refractivity contribution >= 4 is 0 Å². The highest BCUT2D eigenvalue weighted by Crippen LogP contribution is 2.22. The van der Waals surface area contributed by atoms with E-state index in [0.29, 0.717) is 18.2 Å². The minimum absolute atomic E-state index is 0.116. The van der Waals surface area contributed by atoms with E-state index in [1.165, 1.54) is 12.1 Å². The molecule has 4 heteroatoms. The van der Waals surface area contributed by atoms with Gasteiger partial charge in [0.25, 0.3) is 0 Å². The maximum atomic E-state index is 12.8. The smallest absolute Gasteiger partial charge is 0.247 e. The van der Waals surface area contributed by atoms with Gasteiger partial charge < -0.3 is 4.42 Å². The fourth-order valence-electron chi connectivity index (χ4n) is 1.44. The van der Waals surface area contributed by atoms with Crippen LogP contribution in [0.3, 0.4) is 0 Å². The summed E-state index contributed by atoms with van der Waals surface area (Å²) in [5.74, 6) is 0.719. The SMILES string of the molecule is CC(C)(C)[CH]Cc1nnc(-c2ccc(F)cc2)o1. The topological polar surface area (TPSA) is 38.9 Å². The average molecular weight is 247 g/mol. The largest absolute Gasteiger partial charge is 0.421 e. The Bertz CT molecular complexity index is 511. The highest BCUT2D eigenvalue weighted by atomic mass is 19.1. The average Bonchev–Trinajstić information content (AvgIpc) is 2.75. The van der Waals surface area contributed by atoms with E-state index in [4.69, 9.17) is 4.42 Å². The number of halogens is 1. The maximum absolute atomic E-state index is 12.8. The van der Waals surface area contributed by atoms with Gasteiger partial charge in [-0.25, -0.2) is 4.39 Å². The lowest BCUT2D eigenvalue weighted by Gasteiger charge is -2.15. The van der Waals surface area contributed by atoms with E-state index in [-0.39, 0.29) is 11.2 Å². The predicted molar refractivity (Wildman–Crippen MR) is 67.2 cm³/mol. The van der Waals surface area contributed by atoms with Gasteiger partial charge in [0.15, 0.2) is 0 Å². The third kappa shape index (κ3) is 3.39. The molecule has 0 fully saturated rings. The van der Waals surface area contributed by atoms with Gasteiger partial charge in [-0.2, -0.15) is 0 Å². The first kappa shape index (κ1) is 12.7. The van der Waals surface area contributed by atoms with Crippen LogP contribution in [-0.2, 0) is 6.42 Å². The molecule has 3 nitrogen and oxygen atoms in total. The monoisotopic (exact) mass is 247 g/mol. The Morgan fingerprint density at radius 3 is 2.44 bits per heavy atom. The summed E-state index contributed by atoms with van der Waals surface area (Å²) in [6.07, 6.45) is 2.76. The van der Waals surface area contributed by atoms with Gasteiger partial charge in [-0.3, -0.25) is 0 Å². The second kappa shape index (κ2) is 4.88. The summed E-state index contributed by atoms with van der Waals surface area (Å²) in [6.45, 7) is 6.35. The van der Waals surface area contributed by atoms with Crippen LogP contribution in [-0.4, -0.2) is 10.2 Å². The zero-order valence-corrected chi connectivity index (χ0v) is 10.8. The van der Waals surface area contributed by atoms with Crippen molar-refractivity contribution in [3.63, 3.8) is 0 Å². The number of benzene rings is 1. The van der Waals surface area contributed by atoms with Crippen LogP contribution < -0.4 is 0 Å². The summed E-state index contributed by atoms with van der Waals surface area (Å²) in [5, 5.41) is 7.93. The minimum atomic E-state index is -0.278. The maximum Gasteiger partial charge on any atom is 0.247 e. The van der Waals surface area contributed by atoms with Crippen molar-refractivity contribution in [2.24, 2.45) is 5.41 Å². The van der Waals surface area contributed by atoms with Gasteiger partial charge in [0.2, 0.25) is 11.8 Å². The van der Waals surface area contributed by atoms with Gasteiger partial charge >= 0.3 is 0 Å². The molecule has 95 valence electrons. The third-order valence-electron chi connectivity index (χ3n) is 2.45. The standard InChI is InChI=1S/C14H16FN2O/c1-14(2,3)9-8-12-16-17-13(18-12)10-4-6-11(15)7-5-10/h4-7,9H,8H2,1-3H3. The molecule has 1 aromatic carbocycles. The lowest BCUT2D eigenvalue weighted by Crippen LogP contribution is -2.07. The number of hydrogen-bond donors (Lipinski definition) is 0. The molecule has 0 N–H and O–H groups in total. The minimum Gasteiger partial charge on any atom is -0.421 e. The molecule has 0 atom stereocenters. The van der Waals surface area contributed by atoms with E-state index in [0.717, 1.165) is 5.56 Å². The molecule has 1 aromatic heterocycles. The lowest BCUT2D eigenvalue weighted by atomic mass is 9.91. The van der Waals surface area contributed by atoms with Crippen molar-refractivity contribution in [3.8, 4) is 11.5 Å². The molecule has 0 bridgehead atoms. The molecular weight excluding hydrogens is 231 g/mol. The molecule has 0 spiro atoms. The van der Waals surface area contributed by atoms with Crippen molar-refractivity contribution in [1.82, 2.24) is 10.2 Å². The molecule has 0 aliphatic heterocycles. The van der Waals surface area contributed by atoms with Crippen LogP contribution in [0.2, 0.25) is 0 Å². The highest BCUT2D eigenvalue weighted by Gasteiger charge is 2.14. The Balaban J connectivity index is 2.08. The molecule has 0 aliphatic rings. The Kier molecular flexibility index (Phi) is 3.45. The van der Waals surface area contributed by atoms with Crippen molar-refractivity contribution in [1.29, 1.82) is 0 Å². The molecule has 0 amide bonds. The van der Waals surface area contributed by atoms with Gasteiger partial charge in [-0.05, 0) is 36.1 Å². The molecule has 2 aromatic rings. The normalized spacial score (nSPS) is 11.8. The molecule has 0 unspecified atom stereocenters. The zero-order chi connectivity index (χ0) is 13.2. The van der Waals surface area contributed by atoms with E-state index < -0.39 is 0 Å². The summed E-state index contributed by atoms with van der Waals surface area (Å²) < 4.78 is 18.3. The van der Waals surface area contributed by atoms with Crippen molar-refractivity contribution < 1.29 is 8.81 Å². The second-order valence-corrected chi connectivity index (χ2v) is 5.28. The Hall–Kier alpha value is -1.71. The van der Waals surface area contributed by atoms with Crippen LogP contribution in [0.4, 0.5) is 4.39 Å². The first-order valence-electron chi connectivity index (χ1n) is 5.87. The van der Waals surface area contributed by atoms with Crippen molar-refractivity contribution in [2.75, 3.05) is 0 Å². The second-order valence-electron chi connectivity index (χ2n) is 5.28. The Morgan fingerprint density at radius 1 is 1.17 bits per heavy atom. The van der Waals surface area contributed by atoms with Gasteiger partial charge in [0, 0.05) is 12.0 Å². The summed E-state index contributed by atoms with van der Waals surface area (Å²) >= 11 is 0. The van der Waals surface area contributed by atoms with Crippen LogP contribution in [0, 0.1) is 17.7 Å². The third-order valence-corrected chi connectivity index (χ3v) is 2.45. The summed E-state index contributed by atoms with van der Waals surface area (Å²) in [7, 11) is 0. The lowest BCUT2D eigenvalue weighted by molar-refractivity contribution is 0.449. The Morgan fingerprint density at radius 2 is 1.83 bits per heavy atom. The summed E-state index contributed by atoms with van der Waals surface area (Å²) in [6, 6.07) is 6.00. The molecule has 0 saturated heterocycles.